The second kappa shape index (κ2) is 7.92. The van der Waals surface area contributed by atoms with Crippen LogP contribution < -0.4 is 5.32 Å². The molecule has 1 fully saturated rings. The summed E-state index contributed by atoms with van der Waals surface area (Å²) in [5, 5.41) is 23.1. The average Bonchev–Trinajstić information content (AvgIpc) is 2.49. The zero-order valence-corrected chi connectivity index (χ0v) is 13.3. The number of nitrogens with one attached hydrogen (secondary N) is 1. The zero-order valence-electron chi connectivity index (χ0n) is 13.3. The Labute approximate surface area is 128 Å². The van der Waals surface area contributed by atoms with Gasteiger partial charge in [-0.3, -0.25) is 0 Å². The van der Waals surface area contributed by atoms with Gasteiger partial charge in [-0.05, 0) is 55.2 Å². The van der Waals surface area contributed by atoms with Crippen LogP contribution in [0.2, 0.25) is 0 Å². The van der Waals surface area contributed by atoms with Gasteiger partial charge in [0.05, 0.1) is 12.2 Å². The SMILES string of the molecule is CC(C)c1ccc(C(O)CNCC2CCC(O)CC2)cc1. The maximum absolute atomic E-state index is 10.2. The topological polar surface area (TPSA) is 52.5 Å². The lowest BCUT2D eigenvalue weighted by Gasteiger charge is -2.26. The minimum absolute atomic E-state index is 0.0914. The first-order valence-corrected chi connectivity index (χ1v) is 8.23. The summed E-state index contributed by atoms with van der Waals surface area (Å²) in [7, 11) is 0. The Morgan fingerprint density at radius 1 is 1.05 bits per heavy atom. The van der Waals surface area contributed by atoms with Crippen molar-refractivity contribution in [3.05, 3.63) is 35.4 Å². The number of rotatable bonds is 6. The van der Waals surface area contributed by atoms with Crippen molar-refractivity contribution in [3.8, 4) is 0 Å². The molecular weight excluding hydrogens is 262 g/mol. The highest BCUT2D eigenvalue weighted by Gasteiger charge is 2.19. The summed E-state index contributed by atoms with van der Waals surface area (Å²) in [6.45, 7) is 5.89. The van der Waals surface area contributed by atoms with Crippen LogP contribution in [0.15, 0.2) is 24.3 Å². The van der Waals surface area contributed by atoms with Crippen LogP contribution in [0.3, 0.4) is 0 Å². The van der Waals surface area contributed by atoms with E-state index in [0.717, 1.165) is 37.8 Å². The van der Waals surface area contributed by atoms with Crippen LogP contribution in [0.4, 0.5) is 0 Å². The molecule has 1 aliphatic carbocycles. The molecule has 118 valence electrons. The first-order chi connectivity index (χ1) is 10.1. The van der Waals surface area contributed by atoms with Gasteiger partial charge in [0.15, 0.2) is 0 Å². The van der Waals surface area contributed by atoms with E-state index in [4.69, 9.17) is 0 Å². The lowest BCUT2D eigenvalue weighted by Crippen LogP contribution is -2.30. The molecule has 0 heterocycles. The lowest BCUT2D eigenvalue weighted by molar-refractivity contribution is 0.106. The maximum Gasteiger partial charge on any atom is 0.0914 e. The minimum Gasteiger partial charge on any atom is -0.393 e. The molecular formula is C18H29NO2. The average molecular weight is 291 g/mol. The van der Waals surface area contributed by atoms with E-state index in [1.54, 1.807) is 0 Å². The van der Waals surface area contributed by atoms with Gasteiger partial charge in [-0.25, -0.2) is 0 Å². The highest BCUT2D eigenvalue weighted by molar-refractivity contribution is 5.26. The van der Waals surface area contributed by atoms with Crippen LogP contribution in [0.25, 0.3) is 0 Å². The summed E-state index contributed by atoms with van der Waals surface area (Å²) >= 11 is 0. The Kier molecular flexibility index (Phi) is 6.22. The van der Waals surface area contributed by atoms with Gasteiger partial charge in [0.25, 0.3) is 0 Å². The predicted molar refractivity (Wildman–Crippen MR) is 86.3 cm³/mol. The summed E-state index contributed by atoms with van der Waals surface area (Å²) < 4.78 is 0. The predicted octanol–water partition coefficient (Wildman–Crippen LogP) is 2.98. The third kappa shape index (κ3) is 5.10. The molecule has 1 aliphatic rings. The first-order valence-electron chi connectivity index (χ1n) is 8.23. The number of hydrogen-bond acceptors (Lipinski definition) is 3. The molecule has 3 heteroatoms. The van der Waals surface area contributed by atoms with E-state index in [1.807, 2.05) is 12.1 Å². The fraction of sp³-hybridized carbons (Fsp3) is 0.667. The van der Waals surface area contributed by atoms with Gasteiger partial charge in [0.2, 0.25) is 0 Å². The van der Waals surface area contributed by atoms with Crippen LogP contribution in [0.1, 0.15) is 62.7 Å². The fourth-order valence-electron chi connectivity index (χ4n) is 2.99. The van der Waals surface area contributed by atoms with E-state index in [0.29, 0.717) is 18.4 Å². The molecule has 1 unspecified atom stereocenters. The molecule has 0 bridgehead atoms. The molecule has 1 aromatic rings. The van der Waals surface area contributed by atoms with Crippen molar-refractivity contribution in [3.63, 3.8) is 0 Å². The van der Waals surface area contributed by atoms with Crippen molar-refractivity contribution in [1.29, 1.82) is 0 Å². The molecule has 1 aromatic carbocycles. The van der Waals surface area contributed by atoms with Crippen molar-refractivity contribution in [2.45, 2.75) is 57.7 Å². The van der Waals surface area contributed by atoms with Crippen molar-refractivity contribution >= 4 is 0 Å². The zero-order chi connectivity index (χ0) is 15.2. The van der Waals surface area contributed by atoms with Gasteiger partial charge in [-0.1, -0.05) is 38.1 Å². The highest BCUT2D eigenvalue weighted by Crippen LogP contribution is 2.23. The Bertz CT molecular complexity index is 408. The largest absolute Gasteiger partial charge is 0.393 e. The van der Waals surface area contributed by atoms with Crippen molar-refractivity contribution in [2.75, 3.05) is 13.1 Å². The molecule has 3 nitrogen and oxygen atoms in total. The number of benzene rings is 1. The van der Waals surface area contributed by atoms with Gasteiger partial charge in [0, 0.05) is 6.54 Å². The number of hydrogen-bond donors (Lipinski definition) is 3. The summed E-state index contributed by atoms with van der Waals surface area (Å²) in [6.07, 6.45) is 3.49. The van der Waals surface area contributed by atoms with Crippen LogP contribution in [-0.4, -0.2) is 29.4 Å². The number of aliphatic hydroxyl groups excluding tert-OH is 2. The summed E-state index contributed by atoms with van der Waals surface area (Å²) in [5.41, 5.74) is 2.28. The van der Waals surface area contributed by atoms with Gasteiger partial charge in [-0.2, -0.15) is 0 Å². The molecule has 2 rings (SSSR count). The first kappa shape index (κ1) is 16.5. The lowest BCUT2D eigenvalue weighted by atomic mass is 9.87. The smallest absolute Gasteiger partial charge is 0.0914 e. The monoisotopic (exact) mass is 291 g/mol. The fourth-order valence-corrected chi connectivity index (χ4v) is 2.99. The second-order valence-corrected chi connectivity index (χ2v) is 6.67. The van der Waals surface area contributed by atoms with Gasteiger partial charge in [0.1, 0.15) is 0 Å². The molecule has 21 heavy (non-hydrogen) atoms. The Hall–Kier alpha value is -0.900. The molecule has 0 spiro atoms. The van der Waals surface area contributed by atoms with Crippen molar-refractivity contribution in [2.24, 2.45) is 5.92 Å². The second-order valence-electron chi connectivity index (χ2n) is 6.67. The van der Waals surface area contributed by atoms with Crippen molar-refractivity contribution in [1.82, 2.24) is 5.32 Å². The molecule has 0 aliphatic heterocycles. The van der Waals surface area contributed by atoms with Gasteiger partial charge in [-0.15, -0.1) is 0 Å². The van der Waals surface area contributed by atoms with E-state index in [9.17, 15) is 10.2 Å². The number of aliphatic hydroxyl groups is 2. The Balaban J connectivity index is 1.72. The third-order valence-corrected chi connectivity index (χ3v) is 4.57. The van der Waals surface area contributed by atoms with E-state index < -0.39 is 6.10 Å². The normalized spacial score (nSPS) is 24.2. The molecule has 0 amide bonds. The minimum atomic E-state index is -0.444. The van der Waals surface area contributed by atoms with Crippen LogP contribution >= 0.6 is 0 Å². The Morgan fingerprint density at radius 3 is 2.19 bits per heavy atom. The maximum atomic E-state index is 10.2. The summed E-state index contributed by atoms with van der Waals surface area (Å²) in [5.74, 6) is 1.17. The molecule has 1 atom stereocenters. The molecule has 3 N–H and O–H groups in total. The van der Waals surface area contributed by atoms with E-state index >= 15 is 0 Å². The van der Waals surface area contributed by atoms with Gasteiger partial charge >= 0.3 is 0 Å². The van der Waals surface area contributed by atoms with E-state index in [1.165, 1.54) is 5.56 Å². The molecule has 1 saturated carbocycles. The summed E-state index contributed by atoms with van der Waals surface area (Å²) in [6, 6.07) is 8.26. The third-order valence-electron chi connectivity index (χ3n) is 4.57. The highest BCUT2D eigenvalue weighted by atomic mass is 16.3. The quantitative estimate of drug-likeness (QED) is 0.755. The van der Waals surface area contributed by atoms with E-state index in [-0.39, 0.29) is 6.10 Å². The van der Waals surface area contributed by atoms with Crippen LogP contribution in [-0.2, 0) is 0 Å². The van der Waals surface area contributed by atoms with E-state index in [2.05, 4.69) is 31.3 Å². The summed E-state index contributed by atoms with van der Waals surface area (Å²) in [4.78, 5) is 0. The molecule has 0 radical (unpaired) electrons. The van der Waals surface area contributed by atoms with Crippen LogP contribution in [0, 0.1) is 5.92 Å². The standard InChI is InChI=1S/C18H29NO2/c1-13(2)15-5-7-16(8-6-15)18(21)12-19-11-14-3-9-17(20)10-4-14/h5-8,13-14,17-21H,3-4,9-12H2,1-2H3. The molecule has 0 saturated heterocycles. The van der Waals surface area contributed by atoms with Crippen LogP contribution in [0.5, 0.6) is 0 Å². The van der Waals surface area contributed by atoms with Crippen molar-refractivity contribution < 1.29 is 10.2 Å². The Morgan fingerprint density at radius 2 is 1.62 bits per heavy atom. The molecule has 0 aromatic heterocycles. The van der Waals surface area contributed by atoms with Gasteiger partial charge < -0.3 is 15.5 Å².